The van der Waals surface area contributed by atoms with E-state index in [1.807, 2.05) is 18.3 Å². The second-order valence-electron chi connectivity index (χ2n) is 7.92. The van der Waals surface area contributed by atoms with Crippen LogP contribution in [0.5, 0.6) is 0 Å². The molecule has 3 aromatic rings. The molecule has 0 aliphatic heterocycles. The van der Waals surface area contributed by atoms with E-state index in [1.165, 1.54) is 0 Å². The molecule has 1 aliphatic rings. The Kier molecular flexibility index (Phi) is 5.90. The largest absolute Gasteiger partial charge is 0.593 e. The lowest BCUT2D eigenvalue weighted by atomic mass is 9.94. The summed E-state index contributed by atoms with van der Waals surface area (Å²) in [5.74, 6) is 0.831. The highest BCUT2D eigenvalue weighted by Crippen LogP contribution is 2.46. The standard InChI is InChI=1S/C23H25N5O2S/c1-3-15-9-17(19-11-20(26-14-29)27-22-18(19)5-8-25-22)10-16(4-2)21(15)28-31(30)13-23(12-24)6-7-23/h5,8-11,14,28H,3-4,6-7,13H2,1-2H3,(H2,25,26,27,29). The van der Waals surface area contributed by atoms with E-state index in [-0.39, 0.29) is 0 Å². The monoisotopic (exact) mass is 435 g/mol. The molecular weight excluding hydrogens is 410 g/mol. The van der Waals surface area contributed by atoms with Crippen molar-refractivity contribution in [3.05, 3.63) is 41.6 Å². The van der Waals surface area contributed by atoms with Crippen molar-refractivity contribution in [3.8, 4) is 17.2 Å². The van der Waals surface area contributed by atoms with Crippen molar-refractivity contribution in [2.75, 3.05) is 15.8 Å². The van der Waals surface area contributed by atoms with Crippen molar-refractivity contribution >= 4 is 40.3 Å². The fourth-order valence-corrected chi connectivity index (χ4v) is 5.28. The van der Waals surface area contributed by atoms with Crippen molar-refractivity contribution in [2.24, 2.45) is 5.41 Å². The van der Waals surface area contributed by atoms with Crippen LogP contribution in [0.4, 0.5) is 11.5 Å². The zero-order chi connectivity index (χ0) is 22.0. The highest BCUT2D eigenvalue weighted by molar-refractivity contribution is 7.92. The molecule has 1 saturated carbocycles. The minimum atomic E-state index is -1.31. The Morgan fingerprint density at radius 1 is 1.29 bits per heavy atom. The maximum Gasteiger partial charge on any atom is 0.212 e. The van der Waals surface area contributed by atoms with Gasteiger partial charge in [0.05, 0.1) is 23.1 Å². The van der Waals surface area contributed by atoms with Gasteiger partial charge in [0.1, 0.15) is 22.6 Å². The van der Waals surface area contributed by atoms with Gasteiger partial charge in [0.2, 0.25) is 6.41 Å². The van der Waals surface area contributed by atoms with Gasteiger partial charge in [-0.2, -0.15) is 5.26 Å². The number of H-pyrrole nitrogens is 1. The molecular formula is C23H25N5O2S. The number of aryl methyl sites for hydroxylation is 2. The van der Waals surface area contributed by atoms with Gasteiger partial charge in [0.15, 0.2) is 0 Å². The average molecular weight is 436 g/mol. The van der Waals surface area contributed by atoms with E-state index in [2.05, 4.69) is 52.1 Å². The van der Waals surface area contributed by atoms with Crippen LogP contribution in [-0.4, -0.2) is 26.7 Å². The minimum Gasteiger partial charge on any atom is -0.593 e. The molecule has 1 amide bonds. The van der Waals surface area contributed by atoms with Crippen LogP contribution in [0.3, 0.4) is 0 Å². The fraction of sp³-hybridized carbons (Fsp3) is 0.348. The second kappa shape index (κ2) is 8.61. The van der Waals surface area contributed by atoms with Gasteiger partial charge in [-0.25, -0.2) is 9.71 Å². The van der Waals surface area contributed by atoms with Gasteiger partial charge in [0, 0.05) is 11.6 Å². The lowest BCUT2D eigenvalue weighted by Gasteiger charge is -2.20. The van der Waals surface area contributed by atoms with Crippen molar-refractivity contribution in [2.45, 2.75) is 39.5 Å². The van der Waals surface area contributed by atoms with Gasteiger partial charge < -0.3 is 14.9 Å². The molecule has 3 N–H and O–H groups in total. The number of pyridine rings is 1. The van der Waals surface area contributed by atoms with Crippen LogP contribution in [-0.2, 0) is 29.0 Å². The van der Waals surface area contributed by atoms with E-state index in [0.29, 0.717) is 23.6 Å². The van der Waals surface area contributed by atoms with E-state index >= 15 is 0 Å². The summed E-state index contributed by atoms with van der Waals surface area (Å²) in [5, 5.41) is 12.9. The number of anilines is 2. The third kappa shape index (κ3) is 4.24. The van der Waals surface area contributed by atoms with Gasteiger partial charge in [0.25, 0.3) is 0 Å². The molecule has 160 valence electrons. The van der Waals surface area contributed by atoms with Crippen molar-refractivity contribution in [3.63, 3.8) is 0 Å². The van der Waals surface area contributed by atoms with Crippen LogP contribution < -0.4 is 10.0 Å². The van der Waals surface area contributed by atoms with E-state index < -0.39 is 16.8 Å². The molecule has 1 unspecified atom stereocenters. The molecule has 31 heavy (non-hydrogen) atoms. The number of nitriles is 1. The first-order valence-corrected chi connectivity index (χ1v) is 11.7. The van der Waals surface area contributed by atoms with Crippen LogP contribution in [0, 0.1) is 16.7 Å². The summed E-state index contributed by atoms with van der Waals surface area (Å²) < 4.78 is 16.0. The predicted octanol–water partition coefficient (Wildman–Crippen LogP) is 4.30. The maximum absolute atomic E-state index is 12.8. The Morgan fingerprint density at radius 3 is 2.58 bits per heavy atom. The number of aromatic nitrogens is 2. The molecule has 0 saturated heterocycles. The van der Waals surface area contributed by atoms with E-state index in [1.54, 1.807) is 0 Å². The number of rotatable bonds is 9. The lowest BCUT2D eigenvalue weighted by Crippen LogP contribution is -2.24. The fourth-order valence-electron chi connectivity index (χ4n) is 3.86. The quantitative estimate of drug-likeness (QED) is 0.342. The van der Waals surface area contributed by atoms with Crippen molar-refractivity contribution in [1.82, 2.24) is 9.97 Å². The minimum absolute atomic E-state index is 0.354. The van der Waals surface area contributed by atoms with Crippen LogP contribution in [0.15, 0.2) is 30.5 Å². The molecule has 0 spiro atoms. The zero-order valence-corrected chi connectivity index (χ0v) is 18.4. The second-order valence-corrected chi connectivity index (χ2v) is 9.10. The number of carbonyl (C=O) groups excluding carboxylic acids is 1. The van der Waals surface area contributed by atoms with Crippen LogP contribution in [0.1, 0.15) is 37.8 Å². The molecule has 2 heterocycles. The molecule has 1 aliphatic carbocycles. The molecule has 7 nitrogen and oxygen atoms in total. The maximum atomic E-state index is 12.8. The Hall–Kier alpha value is -3.02. The normalized spacial score (nSPS) is 15.3. The number of nitrogens with zero attached hydrogens (tertiary/aromatic N) is 2. The number of benzene rings is 1. The number of carbonyl (C=O) groups is 1. The number of nitrogens with one attached hydrogen (secondary N) is 3. The van der Waals surface area contributed by atoms with E-state index in [0.717, 1.165) is 59.0 Å². The average Bonchev–Trinajstić information content (AvgIpc) is 3.38. The molecule has 0 bridgehead atoms. The Labute approximate surface area is 184 Å². The molecule has 1 fully saturated rings. The van der Waals surface area contributed by atoms with Gasteiger partial charge in [-0.3, -0.25) is 4.79 Å². The zero-order valence-electron chi connectivity index (χ0n) is 17.6. The summed E-state index contributed by atoms with van der Waals surface area (Å²) in [4.78, 5) is 18.5. The third-order valence-corrected chi connectivity index (χ3v) is 7.07. The number of hydrogen-bond donors (Lipinski definition) is 3. The first-order valence-electron chi connectivity index (χ1n) is 10.4. The van der Waals surface area contributed by atoms with Gasteiger partial charge >= 0.3 is 0 Å². The van der Waals surface area contributed by atoms with Gasteiger partial charge in [-0.1, -0.05) is 13.8 Å². The third-order valence-electron chi connectivity index (χ3n) is 5.82. The summed E-state index contributed by atoms with van der Waals surface area (Å²) in [7, 11) is 0. The summed E-state index contributed by atoms with van der Waals surface area (Å²) in [6.45, 7) is 4.14. The van der Waals surface area contributed by atoms with Crippen LogP contribution >= 0.6 is 0 Å². The number of hydrogen-bond acceptors (Lipinski definition) is 5. The summed E-state index contributed by atoms with van der Waals surface area (Å²) in [5.41, 5.74) is 5.29. The predicted molar refractivity (Wildman–Crippen MR) is 124 cm³/mol. The van der Waals surface area contributed by atoms with Gasteiger partial charge in [-0.15, -0.1) is 0 Å². The van der Waals surface area contributed by atoms with Gasteiger partial charge in [-0.05, 0) is 72.2 Å². The lowest BCUT2D eigenvalue weighted by molar-refractivity contribution is -0.105. The Bertz CT molecular complexity index is 1140. The highest BCUT2D eigenvalue weighted by Gasteiger charge is 2.48. The summed E-state index contributed by atoms with van der Waals surface area (Å²) >= 11 is -1.31. The molecule has 1 atom stereocenters. The molecule has 0 radical (unpaired) electrons. The molecule has 8 heteroatoms. The van der Waals surface area contributed by atoms with Crippen molar-refractivity contribution < 1.29 is 9.35 Å². The van der Waals surface area contributed by atoms with Crippen molar-refractivity contribution in [1.29, 1.82) is 5.26 Å². The first kappa shape index (κ1) is 21.2. The number of amides is 1. The molecule has 1 aromatic carbocycles. The Morgan fingerprint density at radius 2 is 2.00 bits per heavy atom. The number of fused-ring (bicyclic) bond motifs is 1. The highest BCUT2D eigenvalue weighted by atomic mass is 32.2. The smallest absolute Gasteiger partial charge is 0.212 e. The van der Waals surface area contributed by atoms with E-state index in [9.17, 15) is 14.6 Å². The summed E-state index contributed by atoms with van der Waals surface area (Å²) in [6, 6.07) is 10.4. The topological polar surface area (TPSA) is 117 Å². The first-order chi connectivity index (χ1) is 15.0. The SMILES string of the molecule is CCc1cc(-c2cc(NC=O)nc3[nH]ccc23)cc(CC)c1N[S+]([O-])CC1(C#N)CC1. The van der Waals surface area contributed by atoms with Crippen LogP contribution in [0.25, 0.3) is 22.2 Å². The summed E-state index contributed by atoms with van der Waals surface area (Å²) in [6.07, 6.45) is 5.63. The van der Waals surface area contributed by atoms with Crippen LogP contribution in [0.2, 0.25) is 0 Å². The van der Waals surface area contributed by atoms with E-state index in [4.69, 9.17) is 0 Å². The molecule has 4 rings (SSSR count). The molecule has 2 aromatic heterocycles. The Balaban J connectivity index is 1.74. The number of aromatic amines is 1.